The molecule has 2 aliphatic rings. The molecule has 2 aliphatic heterocycles. The van der Waals surface area contributed by atoms with Gasteiger partial charge >= 0.3 is 0 Å². The van der Waals surface area contributed by atoms with Gasteiger partial charge in [-0.1, -0.05) is 35.7 Å². The van der Waals surface area contributed by atoms with Gasteiger partial charge in [-0.2, -0.15) is 4.31 Å². The zero-order chi connectivity index (χ0) is 26.0. The molecular formula is C25H34Cl2N2O5S. The number of likely N-dealkylation sites (tertiary alicyclic amines) is 1. The first-order valence-corrected chi connectivity index (χ1v) is 13.7. The molecule has 0 saturated carbocycles. The third-order valence-corrected chi connectivity index (χ3v) is 8.47. The van der Waals surface area contributed by atoms with Crippen molar-refractivity contribution in [2.45, 2.75) is 50.0 Å². The Hall–Kier alpha value is -1.68. The van der Waals surface area contributed by atoms with E-state index in [1.54, 1.807) is 34.6 Å². The highest BCUT2D eigenvalue weighted by Gasteiger charge is 2.34. The molecule has 4 rings (SSSR count). The first-order chi connectivity index (χ1) is 16.8. The van der Waals surface area contributed by atoms with Crippen molar-refractivity contribution >= 4 is 40.0 Å². The van der Waals surface area contributed by atoms with E-state index in [4.69, 9.17) is 37.8 Å². The Bertz CT molecular complexity index is 1030. The number of aliphatic hydroxyl groups is 1. The van der Waals surface area contributed by atoms with E-state index in [2.05, 4.69) is 4.90 Å². The van der Waals surface area contributed by atoms with Crippen LogP contribution in [0.1, 0.15) is 37.7 Å². The maximum atomic E-state index is 13.5. The number of hydrogen-bond donors (Lipinski definition) is 1. The van der Waals surface area contributed by atoms with Crippen LogP contribution in [0.25, 0.3) is 0 Å². The standard InChI is InChI=1S/C23H28Cl2N2O3S.CH4O.CH2O/c1-17-5-6-22(30-21-15-18(24)14-19(25)16-21)23(13-17)31(28,29)27-11-7-20(8-12-27)26-9-3-2-4-10-26;2*1-2/h5-6,13-16,20H,2-4,7-12H2,1H3;2H,1H3;1H2. The number of carbonyl (C=O) groups excluding carboxylic acids is 1. The van der Waals surface area contributed by atoms with Crippen molar-refractivity contribution in [2.24, 2.45) is 0 Å². The lowest BCUT2D eigenvalue weighted by molar-refractivity contribution is -0.0980. The summed E-state index contributed by atoms with van der Waals surface area (Å²) in [7, 11) is -2.69. The number of piperidine rings is 2. The molecular weight excluding hydrogens is 511 g/mol. The van der Waals surface area contributed by atoms with Gasteiger partial charge in [0.25, 0.3) is 0 Å². The molecule has 1 N–H and O–H groups in total. The number of carbonyl (C=O) groups is 1. The fourth-order valence-corrected chi connectivity index (χ4v) is 6.66. The van der Waals surface area contributed by atoms with Crippen molar-refractivity contribution in [2.75, 3.05) is 33.3 Å². The molecule has 2 saturated heterocycles. The number of rotatable bonds is 5. The fraction of sp³-hybridized carbons (Fsp3) is 0.480. The van der Waals surface area contributed by atoms with Crippen LogP contribution in [0.15, 0.2) is 41.3 Å². The van der Waals surface area contributed by atoms with E-state index < -0.39 is 10.0 Å². The van der Waals surface area contributed by atoms with Gasteiger partial charge in [0, 0.05) is 36.3 Å². The molecule has 2 fully saturated rings. The number of benzene rings is 2. The lowest BCUT2D eigenvalue weighted by atomic mass is 10.0. The summed E-state index contributed by atoms with van der Waals surface area (Å²) >= 11 is 12.2. The number of sulfonamides is 1. The lowest BCUT2D eigenvalue weighted by Crippen LogP contribution is -2.48. The summed E-state index contributed by atoms with van der Waals surface area (Å²) in [4.78, 5) is 10.7. The minimum absolute atomic E-state index is 0.181. The molecule has 0 bridgehead atoms. The van der Waals surface area contributed by atoms with E-state index in [0.29, 0.717) is 34.9 Å². The van der Waals surface area contributed by atoms with Crippen LogP contribution in [-0.4, -0.2) is 68.8 Å². The topological polar surface area (TPSA) is 87.1 Å². The summed E-state index contributed by atoms with van der Waals surface area (Å²) in [5.41, 5.74) is 0.859. The molecule has 2 heterocycles. The average Bonchev–Trinajstić information content (AvgIpc) is 2.87. The van der Waals surface area contributed by atoms with Gasteiger partial charge in [0.05, 0.1) is 0 Å². The molecule has 0 amide bonds. The molecule has 10 heteroatoms. The van der Waals surface area contributed by atoms with Crippen LogP contribution in [0.4, 0.5) is 0 Å². The van der Waals surface area contributed by atoms with Gasteiger partial charge in [0.1, 0.15) is 23.2 Å². The summed E-state index contributed by atoms with van der Waals surface area (Å²) in [6.07, 6.45) is 5.53. The van der Waals surface area contributed by atoms with Crippen LogP contribution in [-0.2, 0) is 14.8 Å². The SMILES string of the molecule is C=O.CO.Cc1ccc(Oc2cc(Cl)cc(Cl)c2)c(S(=O)(=O)N2CCC(N3CCCCC3)CC2)c1. The van der Waals surface area contributed by atoms with Crippen LogP contribution in [0, 0.1) is 6.92 Å². The molecule has 0 aromatic heterocycles. The second-order valence-electron chi connectivity index (χ2n) is 8.39. The van der Waals surface area contributed by atoms with Gasteiger partial charge in [-0.15, -0.1) is 0 Å². The molecule has 0 atom stereocenters. The Morgan fingerprint density at radius 3 is 2.06 bits per heavy atom. The zero-order valence-corrected chi connectivity index (χ0v) is 22.6. The maximum absolute atomic E-state index is 13.5. The second-order valence-corrected chi connectivity index (χ2v) is 11.2. The van der Waals surface area contributed by atoms with Crippen LogP contribution in [0.5, 0.6) is 11.5 Å². The van der Waals surface area contributed by atoms with Crippen molar-refractivity contribution < 1.29 is 23.1 Å². The van der Waals surface area contributed by atoms with Crippen molar-refractivity contribution in [3.05, 3.63) is 52.0 Å². The Kier molecular flexibility index (Phi) is 12.0. The van der Waals surface area contributed by atoms with E-state index in [1.807, 2.05) is 19.8 Å². The van der Waals surface area contributed by atoms with E-state index >= 15 is 0 Å². The monoisotopic (exact) mass is 544 g/mol. The van der Waals surface area contributed by atoms with Crippen molar-refractivity contribution in [1.82, 2.24) is 9.21 Å². The minimum atomic E-state index is -3.69. The fourth-order valence-electron chi connectivity index (χ4n) is 4.49. The lowest BCUT2D eigenvalue weighted by Gasteiger charge is -2.39. The van der Waals surface area contributed by atoms with Crippen LogP contribution in [0.2, 0.25) is 10.0 Å². The van der Waals surface area contributed by atoms with E-state index in [1.165, 1.54) is 19.3 Å². The summed E-state index contributed by atoms with van der Waals surface area (Å²) in [6, 6.07) is 10.5. The summed E-state index contributed by atoms with van der Waals surface area (Å²) in [5.74, 6) is 0.684. The first kappa shape index (κ1) is 29.5. The predicted molar refractivity (Wildman–Crippen MR) is 140 cm³/mol. The molecule has 0 radical (unpaired) electrons. The number of aryl methyl sites for hydroxylation is 1. The number of aliphatic hydroxyl groups excluding tert-OH is 1. The summed E-state index contributed by atoms with van der Waals surface area (Å²) < 4.78 is 34.6. The van der Waals surface area contributed by atoms with E-state index in [0.717, 1.165) is 38.6 Å². The molecule has 0 spiro atoms. The number of nitrogens with zero attached hydrogens (tertiary/aromatic N) is 2. The molecule has 0 aliphatic carbocycles. The number of ether oxygens (including phenoxy) is 1. The van der Waals surface area contributed by atoms with E-state index in [-0.39, 0.29) is 10.6 Å². The Labute approximate surface area is 218 Å². The van der Waals surface area contributed by atoms with Crippen molar-refractivity contribution in [1.29, 1.82) is 0 Å². The molecule has 7 nitrogen and oxygen atoms in total. The normalized spacial score (nSPS) is 17.5. The predicted octanol–water partition coefficient (Wildman–Crippen LogP) is 5.16. The Balaban J connectivity index is 0.00000103. The average molecular weight is 546 g/mol. The summed E-state index contributed by atoms with van der Waals surface area (Å²) in [5, 5.41) is 7.86. The highest BCUT2D eigenvalue weighted by atomic mass is 35.5. The highest BCUT2D eigenvalue weighted by molar-refractivity contribution is 7.89. The molecule has 194 valence electrons. The molecule has 35 heavy (non-hydrogen) atoms. The van der Waals surface area contributed by atoms with Gasteiger partial charge < -0.3 is 19.5 Å². The molecule has 0 unspecified atom stereocenters. The number of halogens is 2. The highest BCUT2D eigenvalue weighted by Crippen LogP contribution is 2.35. The Morgan fingerprint density at radius 2 is 1.49 bits per heavy atom. The third-order valence-electron chi connectivity index (χ3n) is 6.11. The summed E-state index contributed by atoms with van der Waals surface area (Å²) in [6.45, 7) is 7.20. The minimum Gasteiger partial charge on any atom is -0.456 e. The maximum Gasteiger partial charge on any atom is 0.246 e. The third kappa shape index (κ3) is 7.90. The van der Waals surface area contributed by atoms with Crippen molar-refractivity contribution in [3.8, 4) is 11.5 Å². The van der Waals surface area contributed by atoms with Gasteiger partial charge in [-0.25, -0.2) is 8.42 Å². The largest absolute Gasteiger partial charge is 0.456 e. The zero-order valence-electron chi connectivity index (χ0n) is 20.3. The molecule has 2 aromatic rings. The van der Waals surface area contributed by atoms with Crippen LogP contribution in [0.3, 0.4) is 0 Å². The number of hydrogen-bond acceptors (Lipinski definition) is 6. The Morgan fingerprint density at radius 1 is 0.914 bits per heavy atom. The van der Waals surface area contributed by atoms with Gasteiger partial charge in [0.2, 0.25) is 10.0 Å². The van der Waals surface area contributed by atoms with Crippen molar-refractivity contribution in [3.63, 3.8) is 0 Å². The quantitative estimate of drug-likeness (QED) is 0.559. The van der Waals surface area contributed by atoms with Crippen LogP contribution >= 0.6 is 23.2 Å². The van der Waals surface area contributed by atoms with E-state index in [9.17, 15) is 8.42 Å². The molecule has 2 aromatic carbocycles. The van der Waals surface area contributed by atoms with Crippen LogP contribution < -0.4 is 4.74 Å². The van der Waals surface area contributed by atoms with Gasteiger partial charge in [0.15, 0.2) is 0 Å². The smallest absolute Gasteiger partial charge is 0.246 e. The first-order valence-electron chi connectivity index (χ1n) is 11.6. The van der Waals surface area contributed by atoms with Gasteiger partial charge in [-0.05, 0) is 81.6 Å². The van der Waals surface area contributed by atoms with Gasteiger partial charge in [-0.3, -0.25) is 0 Å². The second kappa shape index (κ2) is 14.2.